The Bertz CT molecular complexity index is 1010. The molecule has 0 amide bonds. The van der Waals surface area contributed by atoms with Crippen LogP contribution in [0.5, 0.6) is 0 Å². The van der Waals surface area contributed by atoms with Crippen LogP contribution in [0.25, 0.3) is 0 Å². The van der Waals surface area contributed by atoms with Crippen molar-refractivity contribution in [3.63, 3.8) is 0 Å². The Morgan fingerprint density at radius 3 is 2.19 bits per heavy atom. The molecule has 0 saturated carbocycles. The summed E-state index contributed by atoms with van der Waals surface area (Å²) >= 11 is 0. The van der Waals surface area contributed by atoms with Crippen LogP contribution >= 0.6 is 0 Å². The molecule has 27 heavy (non-hydrogen) atoms. The predicted octanol–water partition coefficient (Wildman–Crippen LogP) is 4.88. The van der Waals surface area contributed by atoms with Gasteiger partial charge in [0.1, 0.15) is 5.71 Å². The van der Waals surface area contributed by atoms with Crippen LogP contribution in [0.4, 0.5) is 0 Å². The van der Waals surface area contributed by atoms with E-state index in [4.69, 9.17) is 0 Å². The third-order valence-electron chi connectivity index (χ3n) is 4.79. The molecule has 0 heterocycles. The fourth-order valence-corrected chi connectivity index (χ4v) is 3.38. The SMILES string of the molecule is O=C(/C(=N\N=C\c1ccc2c(c1)CCC2)c1ccccc1)c1ccccc1. The predicted molar refractivity (Wildman–Crippen MR) is 110 cm³/mol. The minimum absolute atomic E-state index is 0.132. The molecule has 4 rings (SSSR count). The molecular formula is C24H20N2O. The Kier molecular flexibility index (Phi) is 5.01. The Balaban J connectivity index is 1.65. The summed E-state index contributed by atoms with van der Waals surface area (Å²) in [6.07, 6.45) is 5.23. The van der Waals surface area contributed by atoms with E-state index in [-0.39, 0.29) is 5.78 Å². The van der Waals surface area contributed by atoms with E-state index in [1.807, 2.05) is 48.5 Å². The zero-order valence-corrected chi connectivity index (χ0v) is 15.0. The number of aryl methyl sites for hydroxylation is 2. The number of nitrogens with zero attached hydrogens (tertiary/aromatic N) is 2. The summed E-state index contributed by atoms with van der Waals surface area (Å²) in [5.41, 5.74) is 5.55. The summed E-state index contributed by atoms with van der Waals surface area (Å²) in [7, 11) is 0. The van der Waals surface area contributed by atoms with Gasteiger partial charge in [0, 0.05) is 11.1 Å². The van der Waals surface area contributed by atoms with E-state index in [0.717, 1.165) is 24.0 Å². The lowest BCUT2D eigenvalue weighted by atomic mass is 10.0. The summed E-state index contributed by atoms with van der Waals surface area (Å²) in [6.45, 7) is 0. The molecule has 0 atom stereocenters. The molecule has 0 N–H and O–H groups in total. The van der Waals surface area contributed by atoms with Gasteiger partial charge in [0.2, 0.25) is 5.78 Å². The second-order valence-corrected chi connectivity index (χ2v) is 6.64. The number of fused-ring (bicyclic) bond motifs is 1. The van der Waals surface area contributed by atoms with Gasteiger partial charge in [-0.1, -0.05) is 72.8 Å². The molecule has 0 spiro atoms. The molecule has 0 bridgehead atoms. The first-order valence-electron chi connectivity index (χ1n) is 9.19. The number of ketones is 1. The fourth-order valence-electron chi connectivity index (χ4n) is 3.38. The van der Waals surface area contributed by atoms with Gasteiger partial charge in [-0.25, -0.2) is 0 Å². The van der Waals surface area contributed by atoms with Crippen molar-refractivity contribution in [2.24, 2.45) is 10.2 Å². The van der Waals surface area contributed by atoms with Crippen LogP contribution in [-0.2, 0) is 12.8 Å². The highest BCUT2D eigenvalue weighted by atomic mass is 16.1. The van der Waals surface area contributed by atoms with Gasteiger partial charge in [-0.3, -0.25) is 4.79 Å². The van der Waals surface area contributed by atoms with Crippen molar-refractivity contribution in [2.45, 2.75) is 19.3 Å². The lowest BCUT2D eigenvalue weighted by Crippen LogP contribution is -2.15. The van der Waals surface area contributed by atoms with Crippen LogP contribution in [0.2, 0.25) is 0 Å². The Hall–Kier alpha value is -3.33. The second-order valence-electron chi connectivity index (χ2n) is 6.64. The van der Waals surface area contributed by atoms with Crippen LogP contribution in [-0.4, -0.2) is 17.7 Å². The molecular weight excluding hydrogens is 332 g/mol. The highest BCUT2D eigenvalue weighted by Gasteiger charge is 2.16. The number of rotatable bonds is 5. The monoisotopic (exact) mass is 352 g/mol. The van der Waals surface area contributed by atoms with Crippen LogP contribution in [0, 0.1) is 0 Å². The number of carbonyl (C=O) groups excluding carboxylic acids is 1. The molecule has 1 aliphatic rings. The maximum Gasteiger partial charge on any atom is 0.213 e. The zero-order valence-electron chi connectivity index (χ0n) is 15.0. The second kappa shape index (κ2) is 7.92. The summed E-state index contributed by atoms with van der Waals surface area (Å²) in [5, 5.41) is 8.53. The molecule has 132 valence electrons. The van der Waals surface area contributed by atoms with Gasteiger partial charge in [0.15, 0.2) is 0 Å². The van der Waals surface area contributed by atoms with Crippen LogP contribution in [0.3, 0.4) is 0 Å². The number of carbonyl (C=O) groups is 1. The van der Waals surface area contributed by atoms with Gasteiger partial charge in [-0.05, 0) is 42.0 Å². The van der Waals surface area contributed by atoms with Crippen molar-refractivity contribution in [2.75, 3.05) is 0 Å². The molecule has 3 aromatic rings. The summed E-state index contributed by atoms with van der Waals surface area (Å²) in [6, 6.07) is 25.1. The number of Topliss-reactive ketones (excluding diaryl/α,β-unsaturated/α-hetero) is 1. The van der Waals surface area contributed by atoms with E-state index < -0.39 is 0 Å². The van der Waals surface area contributed by atoms with Crippen molar-refractivity contribution >= 4 is 17.7 Å². The molecule has 0 aliphatic heterocycles. The standard InChI is InChI=1S/C24H20N2O/c27-24(21-10-5-2-6-11-21)23(20-8-3-1-4-9-20)26-25-17-18-14-15-19-12-7-13-22(19)16-18/h1-6,8-11,14-17H,7,12-13H2/b25-17+,26-23-. The largest absolute Gasteiger partial charge is 0.287 e. The Morgan fingerprint density at radius 1 is 0.778 bits per heavy atom. The van der Waals surface area contributed by atoms with Crippen LogP contribution < -0.4 is 0 Å². The van der Waals surface area contributed by atoms with Crippen molar-refractivity contribution in [1.29, 1.82) is 0 Å². The molecule has 3 aromatic carbocycles. The molecule has 0 fully saturated rings. The van der Waals surface area contributed by atoms with E-state index in [1.54, 1.807) is 18.3 Å². The first-order valence-corrected chi connectivity index (χ1v) is 9.19. The molecule has 0 saturated heterocycles. The van der Waals surface area contributed by atoms with E-state index in [9.17, 15) is 4.79 Å². The minimum Gasteiger partial charge on any atom is -0.287 e. The van der Waals surface area contributed by atoms with Gasteiger partial charge >= 0.3 is 0 Å². The quantitative estimate of drug-likeness (QED) is 0.366. The Labute approximate surface area is 159 Å². The van der Waals surface area contributed by atoms with E-state index in [0.29, 0.717) is 11.3 Å². The topological polar surface area (TPSA) is 41.8 Å². The maximum absolute atomic E-state index is 12.9. The highest BCUT2D eigenvalue weighted by Crippen LogP contribution is 2.22. The molecule has 3 nitrogen and oxygen atoms in total. The first-order chi connectivity index (χ1) is 13.3. The number of hydrogen-bond acceptors (Lipinski definition) is 3. The summed E-state index contributed by atoms with van der Waals surface area (Å²) < 4.78 is 0. The van der Waals surface area contributed by atoms with Crippen molar-refractivity contribution in [3.05, 3.63) is 107 Å². The molecule has 1 aliphatic carbocycles. The van der Waals surface area contributed by atoms with Gasteiger partial charge in [-0.2, -0.15) is 5.10 Å². The first kappa shape index (κ1) is 17.1. The van der Waals surface area contributed by atoms with E-state index in [2.05, 4.69) is 28.4 Å². The third kappa shape index (κ3) is 3.93. The summed E-state index contributed by atoms with van der Waals surface area (Å²) in [4.78, 5) is 12.9. The average Bonchev–Trinajstić information content (AvgIpc) is 3.20. The average molecular weight is 352 g/mol. The molecule has 3 heteroatoms. The Morgan fingerprint density at radius 2 is 1.44 bits per heavy atom. The van der Waals surface area contributed by atoms with Crippen LogP contribution in [0.1, 0.15) is 39.0 Å². The van der Waals surface area contributed by atoms with E-state index in [1.165, 1.54) is 17.5 Å². The molecule has 0 aromatic heterocycles. The normalized spacial score (nSPS) is 13.7. The van der Waals surface area contributed by atoms with Crippen molar-refractivity contribution in [3.8, 4) is 0 Å². The number of hydrogen-bond donors (Lipinski definition) is 0. The fraction of sp³-hybridized carbons (Fsp3) is 0.125. The highest BCUT2D eigenvalue weighted by molar-refractivity contribution is 6.51. The minimum atomic E-state index is -0.132. The summed E-state index contributed by atoms with van der Waals surface area (Å²) in [5.74, 6) is -0.132. The zero-order chi connectivity index (χ0) is 18.5. The lowest BCUT2D eigenvalue weighted by molar-refractivity contribution is 0.106. The van der Waals surface area contributed by atoms with Crippen molar-refractivity contribution < 1.29 is 4.79 Å². The van der Waals surface area contributed by atoms with E-state index >= 15 is 0 Å². The smallest absolute Gasteiger partial charge is 0.213 e. The lowest BCUT2D eigenvalue weighted by Gasteiger charge is -2.04. The third-order valence-corrected chi connectivity index (χ3v) is 4.79. The van der Waals surface area contributed by atoms with Gasteiger partial charge in [0.25, 0.3) is 0 Å². The van der Waals surface area contributed by atoms with Crippen LogP contribution in [0.15, 0.2) is 89.1 Å². The van der Waals surface area contributed by atoms with Gasteiger partial charge in [-0.15, -0.1) is 5.10 Å². The van der Waals surface area contributed by atoms with Gasteiger partial charge < -0.3 is 0 Å². The van der Waals surface area contributed by atoms with Gasteiger partial charge in [0.05, 0.1) is 6.21 Å². The molecule has 0 unspecified atom stereocenters. The molecule has 0 radical (unpaired) electrons. The maximum atomic E-state index is 12.9. The number of benzene rings is 3. The van der Waals surface area contributed by atoms with Crippen molar-refractivity contribution in [1.82, 2.24) is 0 Å².